The summed E-state index contributed by atoms with van der Waals surface area (Å²) in [6, 6.07) is 5.49. The first kappa shape index (κ1) is 12.7. The second kappa shape index (κ2) is 5.76. The molecule has 0 saturated heterocycles. The van der Waals surface area contributed by atoms with Crippen LogP contribution in [-0.2, 0) is 6.42 Å². The van der Waals surface area contributed by atoms with Gasteiger partial charge in [-0.25, -0.2) is 4.98 Å². The predicted molar refractivity (Wildman–Crippen MR) is 67.7 cm³/mol. The molecule has 0 atom stereocenters. The molecule has 2 rings (SSSR count). The van der Waals surface area contributed by atoms with Gasteiger partial charge in [-0.05, 0) is 12.1 Å². The highest BCUT2D eigenvalue weighted by molar-refractivity contribution is 5.94. The molecule has 0 radical (unpaired) electrons. The molecular weight excluding hydrogens is 248 g/mol. The average molecular weight is 260 g/mol. The monoisotopic (exact) mass is 260 g/mol. The first-order chi connectivity index (χ1) is 9.16. The number of nitro benzene ring substituents is 1. The van der Waals surface area contributed by atoms with E-state index in [-0.39, 0.29) is 11.6 Å². The summed E-state index contributed by atoms with van der Waals surface area (Å²) in [4.78, 5) is 28.5. The summed E-state index contributed by atoms with van der Waals surface area (Å²) in [5.74, 6) is -0.255. The number of carbonyl (C=O) groups is 1. The summed E-state index contributed by atoms with van der Waals surface area (Å²) >= 11 is 0. The summed E-state index contributed by atoms with van der Waals surface area (Å²) in [7, 11) is 0. The van der Waals surface area contributed by atoms with Gasteiger partial charge < -0.3 is 10.3 Å². The number of H-pyrrole nitrogens is 1. The number of amides is 1. The lowest BCUT2D eigenvalue weighted by Gasteiger charge is -2.04. The van der Waals surface area contributed by atoms with Gasteiger partial charge in [-0.2, -0.15) is 0 Å². The fourth-order valence-electron chi connectivity index (χ4n) is 1.57. The van der Waals surface area contributed by atoms with Crippen molar-refractivity contribution in [2.75, 3.05) is 6.54 Å². The number of nitrogens with one attached hydrogen (secondary N) is 2. The predicted octanol–water partition coefficient (Wildman–Crippen LogP) is 1.29. The fourth-order valence-corrected chi connectivity index (χ4v) is 1.57. The van der Waals surface area contributed by atoms with Gasteiger partial charge in [0.25, 0.3) is 11.6 Å². The molecule has 19 heavy (non-hydrogen) atoms. The molecule has 0 unspecified atom stereocenters. The number of rotatable bonds is 5. The minimum Gasteiger partial charge on any atom is -0.352 e. The first-order valence-electron chi connectivity index (χ1n) is 5.67. The van der Waals surface area contributed by atoms with Crippen LogP contribution in [0.25, 0.3) is 0 Å². The van der Waals surface area contributed by atoms with Gasteiger partial charge in [0.15, 0.2) is 0 Å². The Morgan fingerprint density at radius 2 is 2.11 bits per heavy atom. The third-order valence-electron chi connectivity index (χ3n) is 2.58. The van der Waals surface area contributed by atoms with Crippen molar-refractivity contribution in [3.8, 4) is 0 Å². The van der Waals surface area contributed by atoms with Crippen LogP contribution in [0, 0.1) is 10.1 Å². The third kappa shape index (κ3) is 3.38. The van der Waals surface area contributed by atoms with Gasteiger partial charge in [0.1, 0.15) is 0 Å². The van der Waals surface area contributed by atoms with Crippen molar-refractivity contribution in [2.24, 2.45) is 0 Å². The number of aromatic nitrogens is 2. The number of nitro groups is 1. The zero-order valence-corrected chi connectivity index (χ0v) is 10.00. The minimum absolute atomic E-state index is 0.0333. The molecule has 7 heteroatoms. The minimum atomic E-state index is -0.500. The Bertz CT molecular complexity index is 563. The first-order valence-corrected chi connectivity index (χ1v) is 5.67. The topological polar surface area (TPSA) is 101 Å². The Balaban J connectivity index is 1.87. The van der Waals surface area contributed by atoms with Crippen LogP contribution in [0.4, 0.5) is 5.69 Å². The van der Waals surface area contributed by atoms with Crippen LogP contribution in [0.2, 0.25) is 0 Å². The van der Waals surface area contributed by atoms with Crippen molar-refractivity contribution in [1.29, 1.82) is 0 Å². The molecule has 1 aromatic carbocycles. The maximum absolute atomic E-state index is 11.7. The van der Waals surface area contributed by atoms with Crippen molar-refractivity contribution in [3.63, 3.8) is 0 Å². The lowest BCUT2D eigenvalue weighted by molar-refractivity contribution is -0.384. The van der Waals surface area contributed by atoms with Crippen molar-refractivity contribution < 1.29 is 9.72 Å². The van der Waals surface area contributed by atoms with E-state index in [1.165, 1.54) is 24.3 Å². The number of hydrogen-bond acceptors (Lipinski definition) is 4. The van der Waals surface area contributed by atoms with Gasteiger partial charge in [0.2, 0.25) is 0 Å². The molecule has 1 heterocycles. The zero-order chi connectivity index (χ0) is 13.7. The molecule has 7 nitrogen and oxygen atoms in total. The molecule has 0 saturated carbocycles. The SMILES string of the molecule is O=C(NCCc1cnc[nH]1)c1ccc([N+](=O)[O-])cc1. The van der Waals surface area contributed by atoms with E-state index in [1.807, 2.05) is 0 Å². The Kier molecular flexibility index (Phi) is 3.87. The highest BCUT2D eigenvalue weighted by atomic mass is 16.6. The molecule has 2 aromatic rings. The summed E-state index contributed by atoms with van der Waals surface area (Å²) in [5, 5.41) is 13.2. The molecule has 0 aliphatic heterocycles. The molecule has 98 valence electrons. The van der Waals surface area contributed by atoms with Gasteiger partial charge in [-0.1, -0.05) is 0 Å². The van der Waals surface area contributed by atoms with Crippen molar-refractivity contribution >= 4 is 11.6 Å². The van der Waals surface area contributed by atoms with Crippen molar-refractivity contribution in [2.45, 2.75) is 6.42 Å². The Hall–Kier alpha value is -2.70. The largest absolute Gasteiger partial charge is 0.352 e. The Morgan fingerprint density at radius 3 is 2.68 bits per heavy atom. The number of nitrogens with zero attached hydrogens (tertiary/aromatic N) is 2. The van der Waals surface area contributed by atoms with Gasteiger partial charge in [0, 0.05) is 42.6 Å². The van der Waals surface area contributed by atoms with Gasteiger partial charge in [0.05, 0.1) is 11.3 Å². The number of hydrogen-bond donors (Lipinski definition) is 2. The Morgan fingerprint density at radius 1 is 1.37 bits per heavy atom. The van der Waals surface area contributed by atoms with Gasteiger partial charge in [-0.15, -0.1) is 0 Å². The smallest absolute Gasteiger partial charge is 0.269 e. The molecule has 1 aromatic heterocycles. The molecule has 0 spiro atoms. The second-order valence-corrected chi connectivity index (χ2v) is 3.89. The van der Waals surface area contributed by atoms with Crippen molar-refractivity contribution in [1.82, 2.24) is 15.3 Å². The van der Waals surface area contributed by atoms with E-state index in [0.29, 0.717) is 18.5 Å². The normalized spacial score (nSPS) is 10.1. The van der Waals surface area contributed by atoms with Crippen LogP contribution in [0.3, 0.4) is 0 Å². The maximum atomic E-state index is 11.7. The molecule has 0 aliphatic carbocycles. The van der Waals surface area contributed by atoms with E-state index >= 15 is 0 Å². The van der Waals surface area contributed by atoms with Crippen LogP contribution >= 0.6 is 0 Å². The number of benzene rings is 1. The third-order valence-corrected chi connectivity index (χ3v) is 2.58. The molecule has 2 N–H and O–H groups in total. The Labute approximate surface area is 108 Å². The number of carbonyl (C=O) groups excluding carboxylic acids is 1. The van der Waals surface area contributed by atoms with E-state index in [9.17, 15) is 14.9 Å². The van der Waals surface area contributed by atoms with E-state index in [1.54, 1.807) is 12.5 Å². The van der Waals surface area contributed by atoms with Crippen LogP contribution < -0.4 is 5.32 Å². The summed E-state index contributed by atoms with van der Waals surface area (Å²) in [6.07, 6.45) is 3.92. The summed E-state index contributed by atoms with van der Waals surface area (Å²) in [5.41, 5.74) is 1.30. The quantitative estimate of drug-likeness (QED) is 0.624. The standard InChI is InChI=1S/C12H12N4O3/c17-12(14-6-5-10-7-13-8-15-10)9-1-3-11(4-2-9)16(18)19/h1-4,7-8H,5-6H2,(H,13,15)(H,14,17). The van der Waals surface area contributed by atoms with E-state index in [0.717, 1.165) is 5.69 Å². The van der Waals surface area contributed by atoms with Crippen molar-refractivity contribution in [3.05, 3.63) is 58.2 Å². The highest BCUT2D eigenvalue weighted by Crippen LogP contribution is 2.11. The average Bonchev–Trinajstić information content (AvgIpc) is 2.92. The van der Waals surface area contributed by atoms with Crippen LogP contribution in [0.5, 0.6) is 0 Å². The number of aromatic amines is 1. The van der Waals surface area contributed by atoms with E-state index in [4.69, 9.17) is 0 Å². The molecule has 0 fully saturated rings. The highest BCUT2D eigenvalue weighted by Gasteiger charge is 2.08. The molecule has 0 aliphatic rings. The summed E-state index contributed by atoms with van der Waals surface area (Å²) < 4.78 is 0. The maximum Gasteiger partial charge on any atom is 0.269 e. The summed E-state index contributed by atoms with van der Waals surface area (Å²) in [6.45, 7) is 0.470. The van der Waals surface area contributed by atoms with Crippen LogP contribution in [0.15, 0.2) is 36.8 Å². The van der Waals surface area contributed by atoms with Crippen LogP contribution in [-0.4, -0.2) is 27.3 Å². The molecular formula is C12H12N4O3. The lowest BCUT2D eigenvalue weighted by Crippen LogP contribution is -2.25. The lowest BCUT2D eigenvalue weighted by atomic mass is 10.2. The molecule has 0 bridgehead atoms. The number of non-ortho nitro benzene ring substituents is 1. The van der Waals surface area contributed by atoms with Gasteiger partial charge >= 0.3 is 0 Å². The van der Waals surface area contributed by atoms with E-state index in [2.05, 4.69) is 15.3 Å². The zero-order valence-electron chi connectivity index (χ0n) is 10.00. The fraction of sp³-hybridized carbons (Fsp3) is 0.167. The number of imidazole rings is 1. The van der Waals surface area contributed by atoms with E-state index < -0.39 is 4.92 Å². The van der Waals surface area contributed by atoms with Crippen LogP contribution in [0.1, 0.15) is 16.1 Å². The second-order valence-electron chi connectivity index (χ2n) is 3.89. The van der Waals surface area contributed by atoms with Gasteiger partial charge in [-0.3, -0.25) is 14.9 Å². The molecule has 1 amide bonds.